The van der Waals surface area contributed by atoms with Gasteiger partial charge in [0, 0.05) is 11.8 Å². The van der Waals surface area contributed by atoms with E-state index in [9.17, 15) is 25.4 Å². The Morgan fingerprint density at radius 2 is 1.95 bits per heavy atom. The highest BCUT2D eigenvalue weighted by molar-refractivity contribution is 6.32. The summed E-state index contributed by atoms with van der Waals surface area (Å²) in [6.07, 6.45) is -5.69. The number of ether oxygens (including phenoxy) is 1. The Hall–Kier alpha value is -1.45. The van der Waals surface area contributed by atoms with Crippen molar-refractivity contribution in [2.24, 2.45) is 0 Å². The van der Waals surface area contributed by atoms with Gasteiger partial charge in [0.15, 0.2) is 6.23 Å². The molecule has 5 atom stereocenters. The molecule has 1 aliphatic rings. The number of halogens is 1. The van der Waals surface area contributed by atoms with Crippen LogP contribution in [-0.2, 0) is 4.74 Å². The van der Waals surface area contributed by atoms with E-state index in [0.717, 1.165) is 0 Å². The highest BCUT2D eigenvalue weighted by Gasteiger charge is 2.41. The average Bonchev–Trinajstić information content (AvgIpc) is 2.44. The zero-order valence-corrected chi connectivity index (χ0v) is 11.8. The maximum absolute atomic E-state index is 10.8. The van der Waals surface area contributed by atoms with E-state index in [1.54, 1.807) is 6.92 Å². The van der Waals surface area contributed by atoms with Gasteiger partial charge in [0.1, 0.15) is 23.3 Å². The molecule has 5 unspecified atom stereocenters. The molecule has 0 aliphatic carbocycles. The molecule has 8 nitrogen and oxygen atoms in total. The van der Waals surface area contributed by atoms with Crippen LogP contribution in [0.4, 0.5) is 11.4 Å². The Bertz CT molecular complexity index is 542. The van der Waals surface area contributed by atoms with Gasteiger partial charge in [-0.2, -0.15) is 0 Å². The number of nitro benzene ring substituents is 1. The van der Waals surface area contributed by atoms with Crippen molar-refractivity contribution in [3.8, 4) is 0 Å². The van der Waals surface area contributed by atoms with Crippen molar-refractivity contribution in [3.05, 3.63) is 33.3 Å². The first-order chi connectivity index (χ1) is 9.81. The van der Waals surface area contributed by atoms with E-state index in [4.69, 9.17) is 16.3 Å². The summed E-state index contributed by atoms with van der Waals surface area (Å²) in [7, 11) is 0. The molecule has 9 heteroatoms. The number of nitro groups is 1. The number of rotatable bonds is 3. The third-order valence-electron chi connectivity index (χ3n) is 3.30. The summed E-state index contributed by atoms with van der Waals surface area (Å²) in [6, 6.07) is 4.01. The van der Waals surface area contributed by atoms with Gasteiger partial charge in [-0.25, -0.2) is 0 Å². The fraction of sp³-hybridized carbons (Fsp3) is 0.500. The molecule has 4 N–H and O–H groups in total. The predicted molar refractivity (Wildman–Crippen MR) is 74.1 cm³/mol. The molecule has 116 valence electrons. The molecule has 1 saturated heterocycles. The van der Waals surface area contributed by atoms with Gasteiger partial charge in [0.05, 0.1) is 11.0 Å². The molecule has 0 amide bonds. The molecule has 21 heavy (non-hydrogen) atoms. The van der Waals surface area contributed by atoms with Gasteiger partial charge in [-0.05, 0) is 19.1 Å². The molecule has 0 spiro atoms. The normalized spacial score (nSPS) is 32.7. The first-order valence-corrected chi connectivity index (χ1v) is 6.59. The highest BCUT2D eigenvalue weighted by atomic mass is 35.5. The number of nitrogens with one attached hydrogen (secondary N) is 1. The van der Waals surface area contributed by atoms with Crippen LogP contribution < -0.4 is 5.32 Å². The van der Waals surface area contributed by atoms with Crippen LogP contribution in [0.3, 0.4) is 0 Å². The van der Waals surface area contributed by atoms with Crippen molar-refractivity contribution in [3.63, 3.8) is 0 Å². The number of aliphatic hydroxyl groups is 3. The molecule has 1 aromatic carbocycles. The fourth-order valence-electron chi connectivity index (χ4n) is 2.08. The Morgan fingerprint density at radius 3 is 2.57 bits per heavy atom. The van der Waals surface area contributed by atoms with Crippen molar-refractivity contribution < 1.29 is 25.0 Å². The summed E-state index contributed by atoms with van der Waals surface area (Å²) in [4.78, 5) is 10.2. The lowest BCUT2D eigenvalue weighted by molar-refractivity contribution is -0.384. The van der Waals surface area contributed by atoms with Crippen molar-refractivity contribution in [1.82, 2.24) is 0 Å². The first-order valence-electron chi connectivity index (χ1n) is 6.21. The largest absolute Gasteiger partial charge is 0.388 e. The van der Waals surface area contributed by atoms with Gasteiger partial charge >= 0.3 is 0 Å². The molecule has 1 fully saturated rings. The molecule has 1 heterocycles. The number of aliphatic hydroxyl groups excluding tert-OH is 3. The number of nitrogens with zero attached hydrogens (tertiary/aromatic N) is 1. The van der Waals surface area contributed by atoms with Crippen LogP contribution >= 0.6 is 11.6 Å². The van der Waals surface area contributed by atoms with Crippen molar-refractivity contribution in [1.29, 1.82) is 0 Å². The van der Waals surface area contributed by atoms with E-state index in [-0.39, 0.29) is 10.7 Å². The topological polar surface area (TPSA) is 125 Å². The molecule has 1 aliphatic heterocycles. The predicted octanol–water partition coefficient (Wildman–Crippen LogP) is 0.488. The van der Waals surface area contributed by atoms with Gasteiger partial charge in [-0.15, -0.1) is 0 Å². The van der Waals surface area contributed by atoms with E-state index in [1.165, 1.54) is 18.2 Å². The minimum Gasteiger partial charge on any atom is -0.388 e. The van der Waals surface area contributed by atoms with Gasteiger partial charge in [-0.3, -0.25) is 10.1 Å². The van der Waals surface area contributed by atoms with Gasteiger partial charge in [0.25, 0.3) is 5.69 Å². The summed E-state index contributed by atoms with van der Waals surface area (Å²) >= 11 is 5.70. The fourth-order valence-corrected chi connectivity index (χ4v) is 2.26. The molecule has 1 aromatic rings. The first kappa shape index (κ1) is 15.9. The molecular formula is C12H15ClN2O6. The maximum Gasteiger partial charge on any atom is 0.289 e. The lowest BCUT2D eigenvalue weighted by atomic mass is 9.99. The van der Waals surface area contributed by atoms with Gasteiger partial charge < -0.3 is 25.4 Å². The smallest absolute Gasteiger partial charge is 0.289 e. The third-order valence-corrected chi connectivity index (χ3v) is 3.62. The second-order valence-corrected chi connectivity index (χ2v) is 5.21. The van der Waals surface area contributed by atoms with Crippen LogP contribution in [0.5, 0.6) is 0 Å². The summed E-state index contributed by atoms with van der Waals surface area (Å²) in [6.45, 7) is 1.54. The Labute approximate surface area is 125 Å². The molecular weight excluding hydrogens is 304 g/mol. The summed E-state index contributed by atoms with van der Waals surface area (Å²) in [5, 5.41) is 42.7. The Balaban J connectivity index is 2.18. The average molecular weight is 319 g/mol. The second kappa shape index (κ2) is 6.12. The number of hydrogen-bond donors (Lipinski definition) is 4. The van der Waals surface area contributed by atoms with Crippen molar-refractivity contribution >= 4 is 23.0 Å². The standard InChI is InChI=1S/C12H15ClN2O6/c1-5-9(16)10(17)11(18)12(21-5)14-6-2-3-7(13)8(4-6)15(19)20/h2-5,9-12,14,16-18H,1H3. The minimum absolute atomic E-state index is 0.0144. The zero-order valence-electron chi connectivity index (χ0n) is 11.0. The van der Waals surface area contributed by atoms with Crippen LogP contribution in [0, 0.1) is 10.1 Å². The third kappa shape index (κ3) is 3.25. The summed E-state index contributed by atoms with van der Waals surface area (Å²) in [5.74, 6) is 0. The Kier molecular flexibility index (Phi) is 4.64. The molecule has 0 bridgehead atoms. The maximum atomic E-state index is 10.8. The van der Waals surface area contributed by atoms with Crippen LogP contribution in [0.15, 0.2) is 18.2 Å². The SMILES string of the molecule is CC1OC(Nc2ccc(Cl)c([N+](=O)[O-])c2)C(O)C(O)C1O. The van der Waals surface area contributed by atoms with Crippen LogP contribution in [0.25, 0.3) is 0 Å². The summed E-state index contributed by atoms with van der Waals surface area (Å²) in [5.41, 5.74) is 0.00605. The second-order valence-electron chi connectivity index (χ2n) is 4.80. The number of anilines is 1. The van der Waals surface area contributed by atoms with E-state index in [0.29, 0.717) is 5.69 Å². The number of benzene rings is 1. The summed E-state index contributed by atoms with van der Waals surface area (Å²) < 4.78 is 5.34. The quantitative estimate of drug-likeness (QED) is 0.472. The monoisotopic (exact) mass is 318 g/mol. The van der Waals surface area contributed by atoms with Gasteiger partial charge in [-0.1, -0.05) is 11.6 Å². The van der Waals surface area contributed by atoms with Crippen molar-refractivity contribution in [2.45, 2.75) is 37.6 Å². The van der Waals surface area contributed by atoms with E-state index >= 15 is 0 Å². The van der Waals surface area contributed by atoms with Crippen LogP contribution in [0.2, 0.25) is 5.02 Å². The molecule has 0 aromatic heterocycles. The highest BCUT2D eigenvalue weighted by Crippen LogP contribution is 2.29. The van der Waals surface area contributed by atoms with E-state index in [1.807, 2.05) is 0 Å². The van der Waals surface area contributed by atoms with Crippen LogP contribution in [-0.4, -0.2) is 50.9 Å². The van der Waals surface area contributed by atoms with E-state index in [2.05, 4.69) is 5.32 Å². The minimum atomic E-state index is -1.38. The lowest BCUT2D eigenvalue weighted by Gasteiger charge is -2.39. The van der Waals surface area contributed by atoms with Crippen molar-refractivity contribution in [2.75, 3.05) is 5.32 Å². The van der Waals surface area contributed by atoms with Crippen LogP contribution in [0.1, 0.15) is 6.92 Å². The molecule has 0 saturated carbocycles. The molecule has 2 rings (SSSR count). The Morgan fingerprint density at radius 1 is 1.29 bits per heavy atom. The van der Waals surface area contributed by atoms with E-state index < -0.39 is 35.6 Å². The van der Waals surface area contributed by atoms with Gasteiger partial charge in [0.2, 0.25) is 0 Å². The molecule has 0 radical (unpaired) electrons. The zero-order chi connectivity index (χ0) is 15.7. The lowest BCUT2D eigenvalue weighted by Crippen LogP contribution is -2.58. The number of hydrogen-bond acceptors (Lipinski definition) is 7.